The van der Waals surface area contributed by atoms with Gasteiger partial charge in [-0.2, -0.15) is 13.2 Å². The average Bonchev–Trinajstić information content (AvgIpc) is 3.05. The normalized spacial score (nSPS) is 12.5. The lowest BCUT2D eigenvalue weighted by atomic mass is 10.0. The molecule has 272 valence electrons. The first-order chi connectivity index (χ1) is 23.1. The van der Waals surface area contributed by atoms with Gasteiger partial charge >= 0.3 is 13.8 Å². The van der Waals surface area contributed by atoms with Gasteiger partial charge in [0.25, 0.3) is 0 Å². The van der Waals surface area contributed by atoms with Crippen LogP contribution in [0.1, 0.15) is 115 Å². The number of hydrogen-bond acceptors (Lipinski definition) is 7. The Hall–Kier alpha value is -2.62. The number of hydrogen-bond donors (Lipinski definition) is 1. The highest BCUT2D eigenvalue weighted by molar-refractivity contribution is 7.53. The van der Waals surface area contributed by atoms with Crippen LogP contribution < -0.4 is 14.8 Å². The van der Waals surface area contributed by atoms with Crippen LogP contribution in [-0.4, -0.2) is 49.1 Å². The van der Waals surface area contributed by atoms with E-state index in [1.807, 2.05) is 12.1 Å². The van der Waals surface area contributed by atoms with Gasteiger partial charge in [-0.3, -0.25) is 14.3 Å². The first-order valence-corrected chi connectivity index (χ1v) is 19.3. The standard InChI is InChI=1S/C36H56F3N2O6P/c1-4-7-8-9-10-11-12-13-14-15-16-17-35(42)41-31(23-25-48(43,46-5-2)47-6-3)26-30-18-20-33(21-19-30)44-28-32-27-34(22-24-40-32)45-29-36(37,38)39/h18-22,24,27,31H,4-17,23,25-26,28-29H2,1-3H3,(H,41,42)/t31-/m1/s1. The summed E-state index contributed by atoms with van der Waals surface area (Å²) in [5.74, 6) is 0.593. The molecule has 0 saturated heterocycles. The molecule has 8 nitrogen and oxygen atoms in total. The van der Waals surface area contributed by atoms with E-state index in [9.17, 15) is 22.5 Å². The second-order valence-corrected chi connectivity index (χ2v) is 14.2. The minimum atomic E-state index is -4.43. The topological polar surface area (TPSA) is 96.0 Å². The summed E-state index contributed by atoms with van der Waals surface area (Å²) in [5, 5.41) is 3.15. The van der Waals surface area contributed by atoms with Gasteiger partial charge in [0.15, 0.2) is 6.61 Å². The summed E-state index contributed by atoms with van der Waals surface area (Å²) in [5.41, 5.74) is 1.37. The van der Waals surface area contributed by atoms with Crippen LogP contribution in [0.2, 0.25) is 0 Å². The van der Waals surface area contributed by atoms with E-state index < -0.39 is 20.4 Å². The number of ether oxygens (including phenoxy) is 2. The zero-order chi connectivity index (χ0) is 35.1. The summed E-state index contributed by atoms with van der Waals surface area (Å²) < 4.78 is 72.1. The van der Waals surface area contributed by atoms with Crippen LogP contribution >= 0.6 is 7.60 Å². The molecule has 0 bridgehead atoms. The van der Waals surface area contributed by atoms with E-state index in [0.717, 1.165) is 24.8 Å². The minimum absolute atomic E-state index is 0.0209. The summed E-state index contributed by atoms with van der Waals surface area (Å²) in [6.07, 6.45) is 11.9. The van der Waals surface area contributed by atoms with Crippen molar-refractivity contribution < 1.29 is 41.1 Å². The Morgan fingerprint density at radius 3 is 2.02 bits per heavy atom. The molecule has 0 radical (unpaired) electrons. The molecule has 0 fully saturated rings. The van der Waals surface area contributed by atoms with Crippen LogP contribution in [0.5, 0.6) is 11.5 Å². The zero-order valence-electron chi connectivity index (χ0n) is 29.0. The Labute approximate surface area is 285 Å². The molecule has 1 aromatic carbocycles. The maximum absolute atomic E-state index is 13.1. The SMILES string of the molecule is CCCCCCCCCCCCCC(=O)N[C@H](CCP(=O)(OCC)OCC)Cc1ccc(OCc2cc(OCC(F)(F)F)ccn2)cc1. The lowest BCUT2D eigenvalue weighted by molar-refractivity contribution is -0.153. The van der Waals surface area contributed by atoms with Crippen LogP contribution in [0.4, 0.5) is 13.2 Å². The first-order valence-electron chi connectivity index (χ1n) is 17.6. The van der Waals surface area contributed by atoms with Gasteiger partial charge in [-0.25, -0.2) is 0 Å². The largest absolute Gasteiger partial charge is 0.487 e. The van der Waals surface area contributed by atoms with Crippen molar-refractivity contribution in [3.63, 3.8) is 0 Å². The highest BCUT2D eigenvalue weighted by atomic mass is 31.2. The summed E-state index contributed by atoms with van der Waals surface area (Å²) in [4.78, 5) is 17.1. The number of halogens is 3. The van der Waals surface area contributed by atoms with Gasteiger partial charge < -0.3 is 23.8 Å². The maximum Gasteiger partial charge on any atom is 0.422 e. The molecule has 1 heterocycles. The smallest absolute Gasteiger partial charge is 0.422 e. The van der Waals surface area contributed by atoms with Crippen molar-refractivity contribution in [1.29, 1.82) is 0 Å². The summed E-state index contributed by atoms with van der Waals surface area (Å²) in [6.45, 7) is 4.99. The highest BCUT2D eigenvalue weighted by Crippen LogP contribution is 2.48. The molecular weight excluding hydrogens is 644 g/mol. The number of nitrogens with zero attached hydrogens (tertiary/aromatic N) is 1. The number of unbranched alkanes of at least 4 members (excludes halogenated alkanes) is 10. The van der Waals surface area contributed by atoms with Crippen molar-refractivity contribution in [2.24, 2.45) is 0 Å². The summed E-state index contributed by atoms with van der Waals surface area (Å²) in [6, 6.07) is 9.85. The molecule has 2 rings (SSSR count). The van der Waals surface area contributed by atoms with E-state index in [0.29, 0.717) is 30.7 Å². The van der Waals surface area contributed by atoms with Gasteiger partial charge in [-0.05, 0) is 56.9 Å². The fraction of sp³-hybridized carbons (Fsp3) is 0.667. The minimum Gasteiger partial charge on any atom is -0.487 e. The van der Waals surface area contributed by atoms with E-state index in [1.54, 1.807) is 26.0 Å². The number of pyridine rings is 1. The van der Waals surface area contributed by atoms with E-state index in [-0.39, 0.29) is 43.7 Å². The van der Waals surface area contributed by atoms with E-state index in [2.05, 4.69) is 17.2 Å². The predicted molar refractivity (Wildman–Crippen MR) is 184 cm³/mol. The first kappa shape index (κ1) is 41.6. The Morgan fingerprint density at radius 2 is 1.44 bits per heavy atom. The lowest BCUT2D eigenvalue weighted by Crippen LogP contribution is -2.37. The Bertz CT molecular complexity index is 1190. The van der Waals surface area contributed by atoms with Crippen LogP contribution in [0.3, 0.4) is 0 Å². The number of alkyl halides is 3. The van der Waals surface area contributed by atoms with E-state index in [4.69, 9.17) is 18.5 Å². The molecule has 1 atom stereocenters. The lowest BCUT2D eigenvalue weighted by Gasteiger charge is -2.22. The van der Waals surface area contributed by atoms with Crippen molar-refractivity contribution >= 4 is 13.5 Å². The number of carbonyl (C=O) groups excluding carboxylic acids is 1. The molecule has 1 aromatic heterocycles. The number of nitrogens with one attached hydrogen (secondary N) is 1. The molecule has 0 aliphatic heterocycles. The average molecular weight is 701 g/mol. The Balaban J connectivity index is 1.88. The zero-order valence-corrected chi connectivity index (χ0v) is 29.9. The van der Waals surface area contributed by atoms with Crippen molar-refractivity contribution in [3.05, 3.63) is 53.9 Å². The van der Waals surface area contributed by atoms with E-state index in [1.165, 1.54) is 69.7 Å². The van der Waals surface area contributed by atoms with Crippen LogP contribution in [-0.2, 0) is 31.4 Å². The third-order valence-corrected chi connectivity index (χ3v) is 9.87. The van der Waals surface area contributed by atoms with Gasteiger partial charge in [-0.1, -0.05) is 83.3 Å². The van der Waals surface area contributed by atoms with Gasteiger partial charge in [0, 0.05) is 24.7 Å². The van der Waals surface area contributed by atoms with Crippen molar-refractivity contribution in [2.75, 3.05) is 26.0 Å². The van der Waals surface area contributed by atoms with Crippen LogP contribution in [0, 0.1) is 0 Å². The van der Waals surface area contributed by atoms with Gasteiger partial charge in [0.1, 0.15) is 18.1 Å². The molecule has 0 aliphatic rings. The van der Waals surface area contributed by atoms with E-state index >= 15 is 0 Å². The van der Waals surface area contributed by atoms with Crippen LogP contribution in [0.15, 0.2) is 42.6 Å². The number of carbonyl (C=O) groups is 1. The quantitative estimate of drug-likeness (QED) is 0.0732. The predicted octanol–water partition coefficient (Wildman–Crippen LogP) is 9.99. The Morgan fingerprint density at radius 1 is 0.833 bits per heavy atom. The second kappa shape index (κ2) is 23.7. The van der Waals surface area contributed by atoms with Gasteiger partial charge in [-0.15, -0.1) is 0 Å². The summed E-state index contributed by atoms with van der Waals surface area (Å²) in [7, 11) is -3.27. The van der Waals surface area contributed by atoms with Crippen LogP contribution in [0.25, 0.3) is 0 Å². The third-order valence-electron chi connectivity index (χ3n) is 7.76. The van der Waals surface area contributed by atoms with Gasteiger partial charge in [0.05, 0.1) is 25.1 Å². The fourth-order valence-electron chi connectivity index (χ4n) is 5.30. The molecule has 12 heteroatoms. The molecular formula is C36H56F3N2O6P. The van der Waals surface area contributed by atoms with Crippen molar-refractivity contribution in [3.8, 4) is 11.5 Å². The molecule has 1 N–H and O–H groups in total. The van der Waals surface area contributed by atoms with Gasteiger partial charge in [0.2, 0.25) is 5.91 Å². The third kappa shape index (κ3) is 19.4. The number of aromatic nitrogens is 1. The van der Waals surface area contributed by atoms with Crippen molar-refractivity contribution in [1.82, 2.24) is 10.3 Å². The molecule has 0 saturated carbocycles. The maximum atomic E-state index is 13.1. The molecule has 2 aromatic rings. The molecule has 1 amide bonds. The molecule has 0 aliphatic carbocycles. The number of benzene rings is 1. The second-order valence-electron chi connectivity index (χ2n) is 12.0. The molecule has 0 spiro atoms. The molecule has 48 heavy (non-hydrogen) atoms. The van der Waals surface area contributed by atoms with Crippen molar-refractivity contribution in [2.45, 2.75) is 129 Å². The monoisotopic (exact) mass is 700 g/mol. The summed E-state index contributed by atoms with van der Waals surface area (Å²) >= 11 is 0. The Kier molecular flexibility index (Phi) is 20.5. The number of rotatable bonds is 27. The number of amides is 1. The fourth-order valence-corrected chi connectivity index (χ4v) is 7.05. The highest BCUT2D eigenvalue weighted by Gasteiger charge is 2.28. The molecule has 0 unspecified atom stereocenters.